The van der Waals surface area contributed by atoms with Crippen LogP contribution in [0.1, 0.15) is 44.9 Å². The summed E-state index contributed by atoms with van der Waals surface area (Å²) in [6.07, 6.45) is 1.62. The zero-order chi connectivity index (χ0) is 28.4. The van der Waals surface area contributed by atoms with Gasteiger partial charge in [-0.15, -0.1) is 0 Å². The molecule has 4 rings (SSSR count). The topological polar surface area (TPSA) is 96.2 Å². The van der Waals surface area contributed by atoms with Crippen LogP contribution in [0, 0.1) is 5.92 Å². The molecule has 204 valence electrons. The molecular weight excluding hydrogens is 563 g/mol. The van der Waals surface area contributed by atoms with E-state index >= 15 is 0 Å². The van der Waals surface area contributed by atoms with Gasteiger partial charge in [-0.1, -0.05) is 60.5 Å². The number of aromatic nitrogens is 1. The summed E-state index contributed by atoms with van der Waals surface area (Å²) in [6, 6.07) is 9.05. The molecule has 0 saturated heterocycles. The minimum Gasteiger partial charge on any atom is -0.493 e. The van der Waals surface area contributed by atoms with Crippen molar-refractivity contribution >= 4 is 52.6 Å². The molecule has 0 aliphatic carbocycles. The number of esters is 2. The SMILES string of the molecule is COc1cc(C2C(C(=O)OCC(C)C)=C(C)N=c3s/c(=C\c4c(Cl)cccc4Cl)c(=O)n32)ccc1OC(C)=O. The lowest BCUT2D eigenvalue weighted by Crippen LogP contribution is -2.40. The van der Waals surface area contributed by atoms with Gasteiger partial charge in [0.05, 0.1) is 35.6 Å². The lowest BCUT2D eigenvalue weighted by atomic mass is 9.95. The lowest BCUT2D eigenvalue weighted by molar-refractivity contribution is -0.140. The molecule has 0 amide bonds. The van der Waals surface area contributed by atoms with Gasteiger partial charge in [0.15, 0.2) is 16.3 Å². The van der Waals surface area contributed by atoms with Crippen LogP contribution in [0.5, 0.6) is 11.5 Å². The molecular formula is C28H26Cl2N2O6S. The number of hydrogen-bond acceptors (Lipinski definition) is 8. The van der Waals surface area contributed by atoms with Gasteiger partial charge in [0.1, 0.15) is 0 Å². The summed E-state index contributed by atoms with van der Waals surface area (Å²) >= 11 is 13.9. The molecule has 39 heavy (non-hydrogen) atoms. The largest absolute Gasteiger partial charge is 0.493 e. The van der Waals surface area contributed by atoms with Crippen LogP contribution >= 0.6 is 34.5 Å². The van der Waals surface area contributed by atoms with Gasteiger partial charge in [-0.2, -0.15) is 0 Å². The average Bonchev–Trinajstić information content (AvgIpc) is 3.18. The summed E-state index contributed by atoms with van der Waals surface area (Å²) in [5.74, 6) is -0.517. The fourth-order valence-electron chi connectivity index (χ4n) is 4.09. The average molecular weight is 589 g/mol. The minimum absolute atomic E-state index is 0.109. The van der Waals surface area contributed by atoms with E-state index in [-0.39, 0.29) is 35.2 Å². The molecule has 0 radical (unpaired) electrons. The van der Waals surface area contributed by atoms with Crippen LogP contribution in [-0.4, -0.2) is 30.2 Å². The Morgan fingerprint density at radius 3 is 2.46 bits per heavy atom. The summed E-state index contributed by atoms with van der Waals surface area (Å²) in [7, 11) is 1.43. The maximum atomic E-state index is 13.9. The fourth-order valence-corrected chi connectivity index (χ4v) is 5.63. The molecule has 1 unspecified atom stereocenters. The third kappa shape index (κ3) is 5.95. The van der Waals surface area contributed by atoms with Crippen molar-refractivity contribution in [1.29, 1.82) is 0 Å². The van der Waals surface area contributed by atoms with Gasteiger partial charge in [-0.25, -0.2) is 9.79 Å². The highest BCUT2D eigenvalue weighted by molar-refractivity contribution is 7.07. The number of halogens is 2. The number of nitrogens with zero attached hydrogens (tertiary/aromatic N) is 2. The molecule has 1 aromatic heterocycles. The maximum Gasteiger partial charge on any atom is 0.338 e. The van der Waals surface area contributed by atoms with E-state index in [2.05, 4.69) is 4.99 Å². The Morgan fingerprint density at radius 2 is 1.85 bits per heavy atom. The second-order valence-corrected chi connectivity index (χ2v) is 11.0. The van der Waals surface area contributed by atoms with E-state index in [9.17, 15) is 14.4 Å². The molecule has 2 heterocycles. The lowest BCUT2D eigenvalue weighted by Gasteiger charge is -2.25. The summed E-state index contributed by atoms with van der Waals surface area (Å²) in [6.45, 7) is 7.04. The summed E-state index contributed by atoms with van der Waals surface area (Å²) in [4.78, 5) is 43.8. The van der Waals surface area contributed by atoms with Crippen LogP contribution in [0.4, 0.5) is 0 Å². The molecule has 0 N–H and O–H groups in total. The highest BCUT2D eigenvalue weighted by Gasteiger charge is 2.34. The van der Waals surface area contributed by atoms with Gasteiger partial charge >= 0.3 is 11.9 Å². The summed E-state index contributed by atoms with van der Waals surface area (Å²) in [5, 5.41) is 0.787. The number of fused-ring (bicyclic) bond motifs is 1. The minimum atomic E-state index is -0.884. The first-order chi connectivity index (χ1) is 18.5. The molecule has 2 aromatic carbocycles. The Hall–Kier alpha value is -3.40. The smallest absolute Gasteiger partial charge is 0.338 e. The molecule has 0 fully saturated rings. The molecule has 1 atom stereocenters. The quantitative estimate of drug-likeness (QED) is 0.294. The van der Waals surface area contributed by atoms with Crippen molar-refractivity contribution in [3.8, 4) is 11.5 Å². The third-order valence-electron chi connectivity index (χ3n) is 5.82. The van der Waals surface area contributed by atoms with Crippen molar-refractivity contribution in [2.45, 2.75) is 33.7 Å². The molecule has 3 aromatic rings. The summed E-state index contributed by atoms with van der Waals surface area (Å²) < 4.78 is 18.1. The number of ether oxygens (including phenoxy) is 3. The second kappa shape index (κ2) is 11.8. The van der Waals surface area contributed by atoms with Gasteiger partial charge in [0, 0.05) is 22.5 Å². The van der Waals surface area contributed by atoms with Crippen molar-refractivity contribution < 1.29 is 23.8 Å². The van der Waals surface area contributed by atoms with Crippen LogP contribution in [0.25, 0.3) is 6.08 Å². The van der Waals surface area contributed by atoms with Gasteiger partial charge in [-0.3, -0.25) is 14.2 Å². The first kappa shape index (κ1) is 28.6. The first-order valence-electron chi connectivity index (χ1n) is 12.0. The number of methoxy groups -OCH3 is 1. The number of thiazole rings is 1. The van der Waals surface area contributed by atoms with Crippen LogP contribution in [0.15, 0.2) is 57.5 Å². The van der Waals surface area contributed by atoms with Crippen LogP contribution in [0.3, 0.4) is 0 Å². The second-order valence-electron chi connectivity index (χ2n) is 9.21. The Balaban J connectivity index is 1.96. The predicted molar refractivity (Wildman–Crippen MR) is 150 cm³/mol. The molecule has 0 saturated carbocycles. The van der Waals surface area contributed by atoms with E-state index in [1.54, 1.807) is 49.4 Å². The van der Waals surface area contributed by atoms with E-state index in [0.29, 0.717) is 36.2 Å². The van der Waals surface area contributed by atoms with Crippen LogP contribution in [0.2, 0.25) is 10.0 Å². The third-order valence-corrected chi connectivity index (χ3v) is 7.46. The van der Waals surface area contributed by atoms with Crippen molar-refractivity contribution in [3.05, 3.63) is 88.5 Å². The number of rotatable bonds is 7. The molecule has 1 aliphatic rings. The Morgan fingerprint density at radius 1 is 1.15 bits per heavy atom. The molecule has 8 nitrogen and oxygen atoms in total. The van der Waals surface area contributed by atoms with Crippen molar-refractivity contribution in [2.24, 2.45) is 10.9 Å². The normalized spacial score (nSPS) is 15.2. The van der Waals surface area contributed by atoms with E-state index in [1.165, 1.54) is 18.6 Å². The van der Waals surface area contributed by atoms with Crippen LogP contribution in [-0.2, 0) is 14.3 Å². The van der Waals surface area contributed by atoms with E-state index in [0.717, 1.165) is 11.3 Å². The van der Waals surface area contributed by atoms with Crippen LogP contribution < -0.4 is 24.4 Å². The molecule has 0 spiro atoms. The maximum absolute atomic E-state index is 13.9. The van der Waals surface area contributed by atoms with E-state index < -0.39 is 18.0 Å². The number of carbonyl (C=O) groups excluding carboxylic acids is 2. The van der Waals surface area contributed by atoms with Crippen molar-refractivity contribution in [1.82, 2.24) is 4.57 Å². The highest BCUT2D eigenvalue weighted by Crippen LogP contribution is 2.36. The number of hydrogen-bond donors (Lipinski definition) is 0. The van der Waals surface area contributed by atoms with Gasteiger partial charge in [-0.05, 0) is 48.7 Å². The number of allylic oxidation sites excluding steroid dienone is 1. The van der Waals surface area contributed by atoms with E-state index in [4.69, 9.17) is 37.4 Å². The first-order valence-corrected chi connectivity index (χ1v) is 13.6. The van der Waals surface area contributed by atoms with E-state index in [1.807, 2.05) is 13.8 Å². The van der Waals surface area contributed by atoms with Crippen molar-refractivity contribution in [2.75, 3.05) is 13.7 Å². The number of benzene rings is 2. The zero-order valence-corrected chi connectivity index (χ0v) is 24.2. The standard InChI is InChI=1S/C28H26Cl2N2O6S/c1-14(2)13-37-27(35)24-15(3)31-28-32(25(24)17-9-10-21(38-16(4)33)22(11-17)36-5)26(34)23(39-28)12-18-19(29)7-6-8-20(18)30/h6-12,14,25H,13H2,1-5H3/b23-12-. The van der Waals surface area contributed by atoms with Crippen molar-refractivity contribution in [3.63, 3.8) is 0 Å². The monoisotopic (exact) mass is 588 g/mol. The fraction of sp³-hybridized carbons (Fsp3) is 0.286. The Kier molecular flexibility index (Phi) is 8.64. The van der Waals surface area contributed by atoms with Gasteiger partial charge in [0.25, 0.3) is 5.56 Å². The Bertz CT molecular complexity index is 1650. The molecule has 0 bridgehead atoms. The summed E-state index contributed by atoms with van der Waals surface area (Å²) in [5.41, 5.74) is 1.29. The van der Waals surface area contributed by atoms with Gasteiger partial charge in [0.2, 0.25) is 0 Å². The molecule has 11 heteroatoms. The molecule has 1 aliphatic heterocycles. The zero-order valence-electron chi connectivity index (χ0n) is 21.9. The number of carbonyl (C=O) groups is 2. The van der Waals surface area contributed by atoms with Gasteiger partial charge < -0.3 is 14.2 Å². The Labute approximate surface area is 238 Å². The predicted octanol–water partition coefficient (Wildman–Crippen LogP) is 4.68. The highest BCUT2D eigenvalue weighted by atomic mass is 35.5.